The van der Waals surface area contributed by atoms with Gasteiger partial charge in [-0.3, -0.25) is 0 Å². The number of allylic oxidation sites excluding steroid dienone is 5. The topological polar surface area (TPSA) is 11.0 Å². The minimum absolute atomic E-state index is 0.0769. The number of rotatable bonds is 4. The van der Waals surface area contributed by atoms with Gasteiger partial charge in [0.25, 0.3) is 0 Å². The molecule has 236 valence electrons. The quantitative estimate of drug-likeness (QED) is 0.166. The van der Waals surface area contributed by atoms with Crippen LogP contribution >= 0.6 is 0 Å². The third-order valence-corrected chi connectivity index (χ3v) is 9.96. The van der Waals surface area contributed by atoms with E-state index in [2.05, 4.69) is 173 Å². The molecule has 2 aromatic heterocycles. The van der Waals surface area contributed by atoms with Crippen molar-refractivity contribution in [2.45, 2.75) is 84.7 Å². The number of aryl methyl sites for hydroxylation is 3. The summed E-state index contributed by atoms with van der Waals surface area (Å²) >= 11 is 0. The maximum Gasteiger partial charge on any atom is 0.213 e. The third-order valence-electron chi connectivity index (χ3n) is 9.96. The lowest BCUT2D eigenvalue weighted by Gasteiger charge is -2.31. The molecule has 3 heteroatoms. The Balaban J connectivity index is 1.54. The largest absolute Gasteiger partial charge is 0.383 e. The van der Waals surface area contributed by atoms with E-state index < -0.39 is 0 Å². The van der Waals surface area contributed by atoms with Crippen molar-refractivity contribution in [3.05, 3.63) is 137 Å². The molecule has 6 rings (SSSR count). The van der Waals surface area contributed by atoms with Crippen LogP contribution in [0.2, 0.25) is 0 Å². The SMILES string of the molecule is C\C=C/C(=C(C)/C=C\N(C)C)c1ccc2c(c1)CCC1c3ccccc3-c3cc(C)cc[n+]3C1CC[n+]1ccc(C(C)(C)C)cc1-2. The number of pyridine rings is 2. The number of hydrogen-bond donors (Lipinski definition) is 0. The van der Waals surface area contributed by atoms with Crippen molar-refractivity contribution in [2.75, 3.05) is 14.1 Å². The molecule has 0 fully saturated rings. The van der Waals surface area contributed by atoms with Crippen molar-refractivity contribution in [3.63, 3.8) is 0 Å². The standard InChI is InChI=1S/C43H51N3/c1-9-12-35(31(3)20-23-44(7)8)32-15-17-36-33(28-32)16-18-39-37-13-10-11-14-38(37)42-27-30(2)19-26-46(42)40(39)22-25-45-24-21-34(29-41(36)45)43(4,5)6/h9-15,17,19-21,23-24,26-29,39-40H,16,18,22,25H2,1-8H3/q+2/b12-9-. The Labute approximate surface area is 277 Å². The van der Waals surface area contributed by atoms with Crippen molar-refractivity contribution in [1.82, 2.24) is 4.90 Å². The lowest BCUT2D eigenvalue weighted by atomic mass is 9.77. The summed E-state index contributed by atoms with van der Waals surface area (Å²) in [5.41, 5.74) is 15.0. The predicted octanol–water partition coefficient (Wildman–Crippen LogP) is 9.30. The second-order valence-electron chi connectivity index (χ2n) is 14.6. The van der Waals surface area contributed by atoms with E-state index in [4.69, 9.17) is 0 Å². The van der Waals surface area contributed by atoms with Crippen LogP contribution in [-0.2, 0) is 18.4 Å². The first-order chi connectivity index (χ1) is 22.0. The molecule has 4 heterocycles. The molecule has 0 N–H and O–H groups in total. The van der Waals surface area contributed by atoms with Crippen molar-refractivity contribution < 1.29 is 9.13 Å². The molecule has 0 radical (unpaired) electrons. The van der Waals surface area contributed by atoms with Crippen molar-refractivity contribution in [1.29, 1.82) is 0 Å². The third kappa shape index (κ3) is 6.25. The molecule has 3 nitrogen and oxygen atoms in total. The smallest absolute Gasteiger partial charge is 0.213 e. The summed E-state index contributed by atoms with van der Waals surface area (Å²) in [6.07, 6.45) is 16.7. The second kappa shape index (κ2) is 12.9. The van der Waals surface area contributed by atoms with E-state index in [0.29, 0.717) is 12.0 Å². The highest BCUT2D eigenvalue weighted by Crippen LogP contribution is 2.43. The van der Waals surface area contributed by atoms with Crippen LogP contribution in [0.1, 0.15) is 87.2 Å². The van der Waals surface area contributed by atoms with Gasteiger partial charge in [-0.15, -0.1) is 0 Å². The van der Waals surface area contributed by atoms with Gasteiger partial charge in [0.15, 0.2) is 25.0 Å². The van der Waals surface area contributed by atoms with Gasteiger partial charge in [-0.25, -0.2) is 0 Å². The van der Waals surface area contributed by atoms with Crippen molar-refractivity contribution in [3.8, 4) is 22.5 Å². The molecule has 0 saturated heterocycles. The van der Waals surface area contributed by atoms with Gasteiger partial charge < -0.3 is 4.90 Å². The zero-order valence-electron chi connectivity index (χ0n) is 29.1. The Morgan fingerprint density at radius 1 is 0.870 bits per heavy atom. The molecule has 2 aliphatic rings. The summed E-state index contributed by atoms with van der Waals surface area (Å²) in [5, 5.41) is 0. The fraction of sp³-hybridized carbons (Fsp3) is 0.349. The zero-order chi connectivity index (χ0) is 32.6. The predicted molar refractivity (Wildman–Crippen MR) is 193 cm³/mol. The second-order valence-corrected chi connectivity index (χ2v) is 14.6. The molecular weight excluding hydrogens is 558 g/mol. The van der Waals surface area contributed by atoms with E-state index in [1.165, 1.54) is 61.5 Å². The summed E-state index contributed by atoms with van der Waals surface area (Å²) < 4.78 is 5.12. The number of nitrogens with zero attached hydrogens (tertiary/aromatic N) is 3. The van der Waals surface area contributed by atoms with E-state index >= 15 is 0 Å². The van der Waals surface area contributed by atoms with Crippen molar-refractivity contribution in [2.24, 2.45) is 0 Å². The van der Waals surface area contributed by atoms with Crippen molar-refractivity contribution >= 4 is 5.57 Å². The first-order valence-electron chi connectivity index (χ1n) is 17.0. The molecule has 4 aromatic rings. The fourth-order valence-corrected chi connectivity index (χ4v) is 7.46. The van der Waals surface area contributed by atoms with Gasteiger partial charge in [0.2, 0.25) is 11.4 Å². The molecule has 46 heavy (non-hydrogen) atoms. The average Bonchev–Trinajstić information content (AvgIpc) is 3.03. The highest BCUT2D eigenvalue weighted by Gasteiger charge is 2.41. The van der Waals surface area contributed by atoms with Crippen LogP contribution in [0.25, 0.3) is 28.1 Å². The average molecular weight is 610 g/mol. The molecule has 0 aliphatic carbocycles. The highest BCUT2D eigenvalue weighted by molar-refractivity contribution is 5.80. The molecule has 0 bridgehead atoms. The van der Waals surface area contributed by atoms with Gasteiger partial charge in [-0.05, 0) is 102 Å². The lowest BCUT2D eigenvalue weighted by molar-refractivity contribution is -0.738. The Morgan fingerprint density at radius 2 is 1.67 bits per heavy atom. The Morgan fingerprint density at radius 3 is 2.43 bits per heavy atom. The minimum atomic E-state index is 0.0769. The Kier molecular flexibility index (Phi) is 8.88. The highest BCUT2D eigenvalue weighted by atomic mass is 15.0. The van der Waals surface area contributed by atoms with E-state index in [9.17, 15) is 0 Å². The lowest BCUT2D eigenvalue weighted by Crippen LogP contribution is -2.50. The molecule has 2 atom stereocenters. The van der Waals surface area contributed by atoms with Crippen LogP contribution < -0.4 is 9.13 Å². The van der Waals surface area contributed by atoms with E-state index in [-0.39, 0.29) is 5.41 Å². The number of benzene rings is 2. The van der Waals surface area contributed by atoms with Crippen LogP contribution in [0.4, 0.5) is 0 Å². The van der Waals surface area contributed by atoms with Gasteiger partial charge in [0, 0.05) is 55.4 Å². The van der Waals surface area contributed by atoms with Gasteiger partial charge in [0.05, 0.1) is 6.42 Å². The molecule has 0 spiro atoms. The van der Waals surface area contributed by atoms with Gasteiger partial charge >= 0.3 is 0 Å². The summed E-state index contributed by atoms with van der Waals surface area (Å²) in [5.74, 6) is 0.444. The molecule has 2 aromatic carbocycles. The van der Waals surface area contributed by atoms with Gasteiger partial charge in [-0.2, -0.15) is 9.13 Å². The molecular formula is C43H51N3+2. The Bertz CT molecular complexity index is 1850. The molecule has 2 aliphatic heterocycles. The van der Waals surface area contributed by atoms with Crippen LogP contribution in [0.3, 0.4) is 0 Å². The summed E-state index contributed by atoms with van der Waals surface area (Å²) in [6, 6.07) is 26.3. The molecule has 0 amide bonds. The maximum absolute atomic E-state index is 2.59. The van der Waals surface area contributed by atoms with Crippen LogP contribution in [-0.4, -0.2) is 19.0 Å². The summed E-state index contributed by atoms with van der Waals surface area (Å²) in [4.78, 5) is 2.10. The summed E-state index contributed by atoms with van der Waals surface area (Å²) in [7, 11) is 4.15. The molecule has 0 saturated carbocycles. The normalized spacial score (nSPS) is 18.3. The van der Waals surface area contributed by atoms with Gasteiger partial charge in [0.1, 0.15) is 0 Å². The zero-order valence-corrected chi connectivity index (χ0v) is 29.1. The first kappa shape index (κ1) is 31.7. The number of aromatic nitrogens is 2. The summed E-state index contributed by atoms with van der Waals surface area (Å²) in [6.45, 7) is 14.5. The Hall–Kier alpha value is -4.24. The first-order valence-corrected chi connectivity index (χ1v) is 17.0. The van der Waals surface area contributed by atoms with E-state index in [1.807, 2.05) is 0 Å². The van der Waals surface area contributed by atoms with Crippen LogP contribution in [0, 0.1) is 6.92 Å². The monoisotopic (exact) mass is 609 g/mol. The van der Waals surface area contributed by atoms with Gasteiger partial charge in [-0.1, -0.05) is 63.3 Å². The fourth-order valence-electron chi connectivity index (χ4n) is 7.46. The van der Waals surface area contributed by atoms with Crippen LogP contribution in [0.5, 0.6) is 0 Å². The van der Waals surface area contributed by atoms with E-state index in [0.717, 1.165) is 25.8 Å². The number of fused-ring (bicyclic) bond motifs is 9. The van der Waals surface area contributed by atoms with E-state index in [1.54, 1.807) is 0 Å². The molecule has 2 unspecified atom stereocenters. The maximum atomic E-state index is 2.59. The number of hydrogen-bond acceptors (Lipinski definition) is 1. The minimum Gasteiger partial charge on any atom is -0.383 e. The van der Waals surface area contributed by atoms with Crippen LogP contribution in [0.15, 0.2) is 109 Å².